The predicted molar refractivity (Wildman–Crippen MR) is 113 cm³/mol. The van der Waals surface area contributed by atoms with Crippen LogP contribution in [0.5, 0.6) is 0 Å². The highest BCUT2D eigenvalue weighted by Crippen LogP contribution is 2.23. The van der Waals surface area contributed by atoms with Crippen molar-refractivity contribution >= 4 is 49.7 Å². The molecule has 0 unspecified atom stereocenters. The van der Waals surface area contributed by atoms with Crippen molar-refractivity contribution in [1.29, 1.82) is 0 Å². The third kappa shape index (κ3) is 3.74. The van der Waals surface area contributed by atoms with Gasteiger partial charge in [-0.25, -0.2) is 4.68 Å². The number of hydrogen-bond donors (Lipinski definition) is 0. The van der Waals surface area contributed by atoms with Gasteiger partial charge in [0.1, 0.15) is 11.3 Å². The quantitative estimate of drug-likeness (QED) is 0.248. The first-order chi connectivity index (χ1) is 13.5. The highest BCUT2D eigenvalue weighted by atomic mass is 79.9. The number of carbonyl (C=O) groups is 1. The van der Waals surface area contributed by atoms with Crippen molar-refractivity contribution in [2.24, 2.45) is 10.2 Å². The van der Waals surface area contributed by atoms with E-state index in [2.05, 4.69) is 31.2 Å². The summed E-state index contributed by atoms with van der Waals surface area (Å²) in [7, 11) is 0. The zero-order chi connectivity index (χ0) is 19.7. The van der Waals surface area contributed by atoms with Crippen LogP contribution in [-0.2, 0) is 0 Å². The van der Waals surface area contributed by atoms with Gasteiger partial charge in [-0.2, -0.15) is 5.10 Å². The van der Waals surface area contributed by atoms with Crippen LogP contribution in [0.1, 0.15) is 29.4 Å². The second kappa shape index (κ2) is 7.65. The maximum atomic E-state index is 11.8. The highest BCUT2D eigenvalue weighted by Gasteiger charge is 2.11. The minimum Gasteiger partial charge on any atom is -0.455 e. The summed E-state index contributed by atoms with van der Waals surface area (Å²) in [5.74, 6) is 0.527. The summed E-state index contributed by atoms with van der Waals surface area (Å²) in [4.78, 5) is 12.3. The lowest BCUT2D eigenvalue weighted by Gasteiger charge is -1.99. The fraction of sp³-hybridized carbons (Fsp3) is 0.100. The minimum absolute atomic E-state index is 0.111. The predicted octanol–water partition coefficient (Wildman–Crippen LogP) is 4.97. The van der Waals surface area contributed by atoms with E-state index < -0.39 is 0 Å². The summed E-state index contributed by atoms with van der Waals surface area (Å²) in [6.45, 7) is 3.31. The van der Waals surface area contributed by atoms with Gasteiger partial charge in [0.05, 0.1) is 5.69 Å². The molecule has 4 rings (SSSR count). The normalized spacial score (nSPS) is 12.7. The molecule has 2 heterocycles. The molecule has 0 bridgehead atoms. The smallest absolute Gasteiger partial charge is 0.233 e. The molecule has 0 saturated carbocycles. The van der Waals surface area contributed by atoms with Crippen LogP contribution < -0.4 is 4.80 Å². The van der Waals surface area contributed by atoms with E-state index in [0.29, 0.717) is 21.3 Å². The molecular weight excluding hydrogens is 440 g/mol. The van der Waals surface area contributed by atoms with Crippen molar-refractivity contribution in [2.45, 2.75) is 13.8 Å². The van der Waals surface area contributed by atoms with Gasteiger partial charge < -0.3 is 4.42 Å². The number of Topliss-reactive ketones (excluding diaryl/α,β-unsaturated/α-hetero) is 1. The molecule has 8 heteroatoms. The first-order valence-electron chi connectivity index (χ1n) is 8.45. The monoisotopic (exact) mass is 454 g/mol. The van der Waals surface area contributed by atoms with Crippen molar-refractivity contribution in [1.82, 2.24) is 9.78 Å². The summed E-state index contributed by atoms with van der Waals surface area (Å²) in [6, 6.07) is 17.3. The maximum absolute atomic E-state index is 11.8. The van der Waals surface area contributed by atoms with Gasteiger partial charge in [0.25, 0.3) is 0 Å². The molecule has 0 aliphatic heterocycles. The number of hydrogen-bond acceptors (Lipinski definition) is 6. The number of nitrogens with zero attached hydrogens (tertiary/aromatic N) is 4. The number of halogens is 1. The number of fused-ring (bicyclic) bond motifs is 1. The van der Waals surface area contributed by atoms with Crippen LogP contribution in [0.4, 0.5) is 0 Å². The Morgan fingerprint density at radius 3 is 2.68 bits per heavy atom. The molecule has 6 nitrogen and oxygen atoms in total. The van der Waals surface area contributed by atoms with Gasteiger partial charge in [-0.05, 0) is 43.3 Å². The Kier molecular flexibility index (Phi) is 5.06. The maximum Gasteiger partial charge on any atom is 0.233 e. The lowest BCUT2D eigenvalue weighted by molar-refractivity contribution is 0.101. The first-order valence-corrected chi connectivity index (χ1v) is 10.1. The van der Waals surface area contributed by atoms with Crippen LogP contribution in [0.2, 0.25) is 0 Å². The fourth-order valence-electron chi connectivity index (χ4n) is 2.59. The molecule has 0 spiro atoms. The number of furan rings is 1. The van der Waals surface area contributed by atoms with E-state index >= 15 is 0 Å². The van der Waals surface area contributed by atoms with Crippen LogP contribution in [0.25, 0.3) is 16.7 Å². The van der Waals surface area contributed by atoms with Crippen molar-refractivity contribution in [3.05, 3.63) is 74.6 Å². The molecule has 28 heavy (non-hydrogen) atoms. The van der Waals surface area contributed by atoms with Gasteiger partial charge in [-0.15, -0.1) is 10.2 Å². The van der Waals surface area contributed by atoms with Crippen LogP contribution in [-0.4, -0.2) is 21.3 Å². The van der Waals surface area contributed by atoms with Gasteiger partial charge in [0, 0.05) is 16.8 Å². The Bertz CT molecular complexity index is 1270. The van der Waals surface area contributed by atoms with Crippen LogP contribution >= 0.6 is 27.3 Å². The molecule has 2 aromatic heterocycles. The number of ketones is 1. The summed E-state index contributed by atoms with van der Waals surface area (Å²) in [6.07, 6.45) is 0. The Morgan fingerprint density at radius 1 is 1.14 bits per heavy atom. The van der Waals surface area contributed by atoms with Gasteiger partial charge in [-0.3, -0.25) is 4.79 Å². The number of para-hydroxylation sites is 1. The SMILES string of the molecule is CC(=O)c1nn(-c2ccccc2)/c(=N/N=C(/C)c2cc3cc(Br)ccc3o2)s1. The number of rotatable bonds is 4. The van der Waals surface area contributed by atoms with E-state index in [1.807, 2.05) is 61.5 Å². The Balaban J connectivity index is 1.78. The summed E-state index contributed by atoms with van der Waals surface area (Å²) >= 11 is 4.66. The van der Waals surface area contributed by atoms with E-state index in [1.165, 1.54) is 18.3 Å². The molecule has 0 atom stereocenters. The van der Waals surface area contributed by atoms with Crippen LogP contribution in [0.15, 0.2) is 73.7 Å². The molecule has 0 aliphatic rings. The van der Waals surface area contributed by atoms with Crippen molar-refractivity contribution in [2.75, 3.05) is 0 Å². The Morgan fingerprint density at radius 2 is 1.93 bits per heavy atom. The molecule has 4 aromatic rings. The lowest BCUT2D eigenvalue weighted by atomic mass is 10.2. The Labute approximate surface area is 173 Å². The molecule has 0 radical (unpaired) electrons. The second-order valence-electron chi connectivity index (χ2n) is 6.07. The standard InChI is InChI=1S/C20H15BrN4O2S/c1-12(18-11-14-10-15(21)8-9-17(14)27-18)22-23-20-25(16-6-4-3-5-7-16)24-19(28-20)13(2)26/h3-11H,1-2H3/b22-12-,23-20-. The molecule has 2 aromatic carbocycles. The van der Waals surface area contributed by atoms with Crippen LogP contribution in [0, 0.1) is 0 Å². The molecule has 0 N–H and O–H groups in total. The minimum atomic E-state index is -0.111. The third-order valence-electron chi connectivity index (χ3n) is 3.98. The van der Waals surface area contributed by atoms with Crippen molar-refractivity contribution in [3.63, 3.8) is 0 Å². The number of benzene rings is 2. The average Bonchev–Trinajstić information content (AvgIpc) is 3.31. The van der Waals surface area contributed by atoms with Gasteiger partial charge in [-0.1, -0.05) is 45.5 Å². The topological polar surface area (TPSA) is 72.8 Å². The first kappa shape index (κ1) is 18.5. The molecular formula is C20H15BrN4O2S. The fourth-order valence-corrected chi connectivity index (χ4v) is 3.72. The van der Waals surface area contributed by atoms with E-state index in [-0.39, 0.29) is 5.78 Å². The molecule has 140 valence electrons. The van der Waals surface area contributed by atoms with E-state index in [9.17, 15) is 4.79 Å². The molecule has 0 amide bonds. The number of aromatic nitrogens is 2. The van der Waals surface area contributed by atoms with E-state index in [4.69, 9.17) is 4.42 Å². The molecule has 0 fully saturated rings. The van der Waals surface area contributed by atoms with Gasteiger partial charge in [0.15, 0.2) is 16.6 Å². The largest absolute Gasteiger partial charge is 0.455 e. The zero-order valence-corrected chi connectivity index (χ0v) is 17.5. The molecule has 0 saturated heterocycles. The Hall–Kier alpha value is -2.84. The lowest BCUT2D eigenvalue weighted by Crippen LogP contribution is -2.14. The zero-order valence-electron chi connectivity index (χ0n) is 15.1. The van der Waals surface area contributed by atoms with Crippen molar-refractivity contribution in [3.8, 4) is 5.69 Å². The summed E-state index contributed by atoms with van der Waals surface area (Å²) < 4.78 is 8.45. The average molecular weight is 455 g/mol. The van der Waals surface area contributed by atoms with Crippen LogP contribution in [0.3, 0.4) is 0 Å². The van der Waals surface area contributed by atoms with Gasteiger partial charge >= 0.3 is 0 Å². The second-order valence-corrected chi connectivity index (χ2v) is 7.94. The van der Waals surface area contributed by atoms with Crippen molar-refractivity contribution < 1.29 is 9.21 Å². The third-order valence-corrected chi connectivity index (χ3v) is 5.48. The van der Waals surface area contributed by atoms with E-state index in [0.717, 1.165) is 21.1 Å². The number of carbonyl (C=O) groups excluding carboxylic acids is 1. The summed E-state index contributed by atoms with van der Waals surface area (Å²) in [5, 5.41) is 14.4. The van der Waals surface area contributed by atoms with E-state index in [1.54, 1.807) is 4.68 Å². The molecule has 0 aliphatic carbocycles. The van der Waals surface area contributed by atoms with Gasteiger partial charge in [0.2, 0.25) is 4.80 Å². The highest BCUT2D eigenvalue weighted by molar-refractivity contribution is 9.10. The summed E-state index contributed by atoms with van der Waals surface area (Å²) in [5.41, 5.74) is 2.22.